The third-order valence-electron chi connectivity index (χ3n) is 1.63. The summed E-state index contributed by atoms with van der Waals surface area (Å²) in [5.41, 5.74) is 0. The van der Waals surface area contributed by atoms with Gasteiger partial charge in [0.05, 0.1) is 52.9 Å². The Hall–Kier alpha value is 0.210. The summed E-state index contributed by atoms with van der Waals surface area (Å²) >= 11 is 0. The molecule has 0 saturated carbocycles. The molecule has 0 aliphatic rings. The molecule has 0 aromatic rings. The van der Waals surface area contributed by atoms with Gasteiger partial charge in [0, 0.05) is 0 Å². The van der Waals surface area contributed by atoms with Crippen molar-refractivity contribution < 1.29 is 71.2 Å². The molecule has 0 aromatic carbocycles. The fourth-order valence-corrected chi connectivity index (χ4v) is 3.49. The quantitative estimate of drug-likeness (QED) is 0.115. The first-order valence-corrected chi connectivity index (χ1v) is 11.2. The van der Waals surface area contributed by atoms with Gasteiger partial charge in [0.25, 0.3) is 0 Å². The molecule has 15 nitrogen and oxygen atoms in total. The lowest BCUT2D eigenvalue weighted by Gasteiger charge is -2.11. The van der Waals surface area contributed by atoms with Crippen LogP contribution < -0.4 is 0 Å². The largest absolute Gasteiger partial charge is 0.490 e. The van der Waals surface area contributed by atoms with Crippen molar-refractivity contribution in [2.45, 2.75) is 0 Å². The van der Waals surface area contributed by atoms with Crippen molar-refractivity contribution in [2.75, 3.05) is 52.9 Å². The molecule has 18 heteroatoms. The van der Waals surface area contributed by atoms with E-state index in [0.717, 1.165) is 0 Å². The minimum absolute atomic E-state index is 0.0413. The summed E-state index contributed by atoms with van der Waals surface area (Å²) in [6.07, 6.45) is 0. The maximum Gasteiger partial charge on any atom is 0.490 e. The molecule has 0 spiro atoms. The summed E-state index contributed by atoms with van der Waals surface area (Å²) < 4.78 is 51.4. The van der Waals surface area contributed by atoms with Crippen LogP contribution in [0.2, 0.25) is 0 Å². The second-order valence-corrected chi connectivity index (χ2v) is 8.10. The Morgan fingerprint density at radius 1 is 0.538 bits per heavy atom. The molecule has 0 amide bonds. The summed E-state index contributed by atoms with van der Waals surface area (Å²) in [6, 6.07) is 0. The van der Waals surface area contributed by atoms with E-state index in [9.17, 15) is 13.7 Å². The van der Waals surface area contributed by atoms with Gasteiger partial charge in [0.15, 0.2) is 0 Å². The molecule has 0 bridgehead atoms. The normalized spacial score (nSPS) is 12.6. The maximum absolute atomic E-state index is 10.4. The minimum atomic E-state index is -5.46. The molecule has 7 N–H and O–H groups in total. The lowest BCUT2D eigenvalue weighted by molar-refractivity contribution is 0.00230. The van der Waals surface area contributed by atoms with E-state index in [1.807, 2.05) is 0 Å². The van der Waals surface area contributed by atoms with E-state index in [-0.39, 0.29) is 13.2 Å². The highest BCUT2D eigenvalue weighted by molar-refractivity contribution is 7.66. The highest BCUT2D eigenvalue weighted by atomic mass is 31.3. The molecule has 0 aliphatic heterocycles. The Balaban J connectivity index is 0. The van der Waals surface area contributed by atoms with Crippen LogP contribution in [0.25, 0.3) is 0 Å². The molecular weight excluding hydrogens is 429 g/mol. The predicted molar refractivity (Wildman–Crippen MR) is 82.7 cm³/mol. The van der Waals surface area contributed by atoms with Gasteiger partial charge in [-0.05, 0) is 0 Å². The molecule has 0 heterocycles. The van der Waals surface area contributed by atoms with Crippen LogP contribution in [0.4, 0.5) is 0 Å². The van der Waals surface area contributed by atoms with Gasteiger partial charge < -0.3 is 48.9 Å². The summed E-state index contributed by atoms with van der Waals surface area (Å²) in [5.74, 6) is 0. The third kappa shape index (κ3) is 26.4. The number of hydrogen-bond donors (Lipinski definition) is 7. The molecule has 0 saturated heterocycles. The van der Waals surface area contributed by atoms with Crippen molar-refractivity contribution in [3.8, 4) is 0 Å². The van der Waals surface area contributed by atoms with E-state index in [0.29, 0.717) is 39.6 Å². The molecule has 0 atom stereocenters. The Morgan fingerprint density at radius 2 is 0.808 bits per heavy atom. The highest BCUT2D eigenvalue weighted by Crippen LogP contribution is 2.64. The fourth-order valence-electron chi connectivity index (χ4n) is 0.955. The minimum Gasteiger partial charge on any atom is -0.394 e. The van der Waals surface area contributed by atoms with Gasteiger partial charge in [0.1, 0.15) is 0 Å². The smallest absolute Gasteiger partial charge is 0.394 e. The monoisotopic (exact) mass is 452 g/mol. The zero-order valence-electron chi connectivity index (χ0n) is 13.4. The van der Waals surface area contributed by atoms with Crippen molar-refractivity contribution >= 4 is 23.5 Å². The van der Waals surface area contributed by atoms with Crippen LogP contribution >= 0.6 is 23.5 Å². The second-order valence-electron chi connectivity index (χ2n) is 3.90. The Kier molecular flexibility index (Phi) is 16.6. The molecule has 0 aliphatic carbocycles. The number of hydrogen-bond acceptors (Lipinski definition) is 10. The summed E-state index contributed by atoms with van der Waals surface area (Å²) in [7, 11) is -16.2. The Bertz CT molecular complexity index is 434. The van der Waals surface area contributed by atoms with Crippen LogP contribution in [0.3, 0.4) is 0 Å². The van der Waals surface area contributed by atoms with Crippen LogP contribution in [0.15, 0.2) is 0 Å². The van der Waals surface area contributed by atoms with Crippen LogP contribution in [-0.2, 0) is 36.5 Å². The van der Waals surface area contributed by atoms with Crippen molar-refractivity contribution in [1.29, 1.82) is 0 Å². The zero-order chi connectivity index (χ0) is 20.7. The fraction of sp³-hybridized carbons (Fsp3) is 1.00. The molecule has 0 rings (SSSR count). The standard InChI is InChI=1S/C8H18O5.H5O10P3/c9-1-3-11-5-7-13-8-6-12-4-2-10;1-11(2,3)9-13(7,8)10-12(4,5)6/h9-10H,1-8H2;(H,7,8)(H2,1,2,3)(H2,4,5,6). The van der Waals surface area contributed by atoms with Gasteiger partial charge in [-0.2, -0.15) is 8.62 Å². The first-order chi connectivity index (χ1) is 11.8. The molecule has 160 valence electrons. The maximum atomic E-state index is 10.4. The van der Waals surface area contributed by atoms with Crippen LogP contribution in [-0.4, -0.2) is 87.5 Å². The first-order valence-electron chi connectivity index (χ1n) is 6.64. The summed E-state index contributed by atoms with van der Waals surface area (Å²) in [4.78, 5) is 40.2. The van der Waals surface area contributed by atoms with Gasteiger partial charge in [-0.3, -0.25) is 0 Å². The van der Waals surface area contributed by atoms with Crippen LogP contribution in [0, 0.1) is 0 Å². The van der Waals surface area contributed by atoms with Crippen LogP contribution in [0.1, 0.15) is 0 Å². The van der Waals surface area contributed by atoms with E-state index in [1.54, 1.807) is 0 Å². The average Bonchev–Trinajstić information content (AvgIpc) is 2.41. The van der Waals surface area contributed by atoms with E-state index in [1.165, 1.54) is 0 Å². The number of ether oxygens (including phenoxy) is 3. The molecule has 0 fully saturated rings. The third-order valence-corrected chi connectivity index (χ3v) is 4.99. The molecule has 0 aromatic heterocycles. The number of phosphoric acid groups is 3. The van der Waals surface area contributed by atoms with Gasteiger partial charge >= 0.3 is 23.5 Å². The lowest BCUT2D eigenvalue weighted by atomic mass is 10.7. The van der Waals surface area contributed by atoms with Crippen LogP contribution in [0.5, 0.6) is 0 Å². The first kappa shape index (κ1) is 28.4. The number of aliphatic hydroxyl groups is 2. The van der Waals surface area contributed by atoms with E-state index >= 15 is 0 Å². The predicted octanol–water partition coefficient (Wildman–Crippen LogP) is -1.67. The molecule has 0 unspecified atom stereocenters. The topological polar surface area (TPSA) is 239 Å². The molecular formula is C8H23O15P3. The van der Waals surface area contributed by atoms with Gasteiger partial charge in [0.2, 0.25) is 0 Å². The van der Waals surface area contributed by atoms with Gasteiger partial charge in [-0.1, -0.05) is 0 Å². The zero-order valence-corrected chi connectivity index (χ0v) is 16.1. The Labute approximate surface area is 148 Å². The van der Waals surface area contributed by atoms with Gasteiger partial charge in [-0.25, -0.2) is 13.7 Å². The SMILES string of the molecule is O=P(O)(O)OP(=O)(O)OP(=O)(O)O.OCCOCCOCCOCCO. The second kappa shape index (κ2) is 15.2. The van der Waals surface area contributed by atoms with Gasteiger partial charge in [-0.15, -0.1) is 0 Å². The van der Waals surface area contributed by atoms with Crippen molar-refractivity contribution in [2.24, 2.45) is 0 Å². The van der Waals surface area contributed by atoms with E-state index < -0.39 is 23.5 Å². The number of rotatable bonds is 14. The Morgan fingerprint density at radius 3 is 1.04 bits per heavy atom. The average molecular weight is 452 g/mol. The summed E-state index contributed by atoms with van der Waals surface area (Å²) in [6.45, 7) is 2.76. The molecule has 0 radical (unpaired) electrons. The van der Waals surface area contributed by atoms with Crippen molar-refractivity contribution in [1.82, 2.24) is 0 Å². The number of aliphatic hydroxyl groups excluding tert-OH is 2. The van der Waals surface area contributed by atoms with E-state index in [4.69, 9.17) is 48.9 Å². The lowest BCUT2D eigenvalue weighted by Crippen LogP contribution is -2.11. The molecule has 26 heavy (non-hydrogen) atoms. The highest BCUT2D eigenvalue weighted by Gasteiger charge is 2.38. The van der Waals surface area contributed by atoms with Crippen molar-refractivity contribution in [3.05, 3.63) is 0 Å². The van der Waals surface area contributed by atoms with Crippen molar-refractivity contribution in [3.63, 3.8) is 0 Å². The van der Waals surface area contributed by atoms with E-state index in [2.05, 4.69) is 8.62 Å². The summed E-state index contributed by atoms with van der Waals surface area (Å²) in [5, 5.41) is 16.7.